The highest BCUT2D eigenvalue weighted by Crippen LogP contribution is 2.05. The van der Waals surface area contributed by atoms with Crippen LogP contribution in [0.5, 0.6) is 0 Å². The van der Waals surface area contributed by atoms with E-state index in [2.05, 4.69) is 10.6 Å². The molecule has 0 heterocycles. The topological polar surface area (TPSA) is 105 Å². The van der Waals surface area contributed by atoms with Crippen molar-refractivity contribution in [1.82, 2.24) is 10.6 Å². The maximum atomic E-state index is 11.2. The van der Waals surface area contributed by atoms with Crippen molar-refractivity contribution in [2.75, 3.05) is 13.1 Å². The highest BCUT2D eigenvalue weighted by atomic mass is 16.6. The number of rotatable bonds is 6. The van der Waals surface area contributed by atoms with Gasteiger partial charge in [-0.1, -0.05) is 0 Å². The number of aliphatic carboxylic acids is 1. The van der Waals surface area contributed by atoms with Gasteiger partial charge in [0.15, 0.2) is 0 Å². The molecule has 3 N–H and O–H groups in total. The van der Waals surface area contributed by atoms with Crippen LogP contribution in [0.25, 0.3) is 0 Å². The average Bonchev–Trinajstić information content (AvgIpc) is 2.19. The first-order valence-corrected chi connectivity index (χ1v) is 5.66. The number of hydrogen-bond donors (Lipinski definition) is 3. The van der Waals surface area contributed by atoms with Gasteiger partial charge in [-0.2, -0.15) is 0 Å². The SMILES string of the molecule is CC(C)(C)OC(=O)NCC(=O)NCCCC(=O)O. The molecule has 0 unspecified atom stereocenters. The van der Waals surface area contributed by atoms with Crippen molar-refractivity contribution in [3.8, 4) is 0 Å². The Hall–Kier alpha value is -1.79. The van der Waals surface area contributed by atoms with Crippen LogP contribution in [0, 0.1) is 0 Å². The molecule has 104 valence electrons. The number of amides is 2. The number of hydrogen-bond acceptors (Lipinski definition) is 4. The first kappa shape index (κ1) is 16.2. The van der Waals surface area contributed by atoms with Crippen molar-refractivity contribution in [1.29, 1.82) is 0 Å². The Morgan fingerprint density at radius 3 is 2.28 bits per heavy atom. The van der Waals surface area contributed by atoms with Gasteiger partial charge in [0.25, 0.3) is 0 Å². The number of carboxylic acid groups (broad SMARTS) is 1. The second kappa shape index (κ2) is 7.52. The zero-order chi connectivity index (χ0) is 14.2. The molecular weight excluding hydrogens is 240 g/mol. The lowest BCUT2D eigenvalue weighted by Gasteiger charge is -2.19. The third-order valence-corrected chi connectivity index (χ3v) is 1.68. The maximum Gasteiger partial charge on any atom is 0.408 e. The molecule has 2 amide bonds. The number of carbonyl (C=O) groups excluding carboxylic acids is 2. The molecule has 0 saturated heterocycles. The van der Waals surface area contributed by atoms with Crippen LogP contribution in [-0.4, -0.2) is 41.8 Å². The molecule has 0 bridgehead atoms. The summed E-state index contributed by atoms with van der Waals surface area (Å²) in [5, 5.41) is 13.2. The predicted octanol–water partition coefficient (Wildman–Crippen LogP) is 0.492. The fourth-order valence-corrected chi connectivity index (χ4v) is 0.997. The van der Waals surface area contributed by atoms with E-state index in [9.17, 15) is 14.4 Å². The monoisotopic (exact) mass is 260 g/mol. The van der Waals surface area contributed by atoms with Gasteiger partial charge in [0.1, 0.15) is 5.60 Å². The Morgan fingerprint density at radius 2 is 1.78 bits per heavy atom. The minimum absolute atomic E-state index is 0.000224. The Labute approximate surface area is 106 Å². The highest BCUT2D eigenvalue weighted by Gasteiger charge is 2.16. The molecule has 0 rings (SSSR count). The summed E-state index contributed by atoms with van der Waals surface area (Å²) in [6.45, 7) is 5.23. The summed E-state index contributed by atoms with van der Waals surface area (Å²) in [6, 6.07) is 0. The van der Waals surface area contributed by atoms with Crippen LogP contribution in [0.3, 0.4) is 0 Å². The van der Waals surface area contributed by atoms with Crippen LogP contribution in [0.15, 0.2) is 0 Å². The van der Waals surface area contributed by atoms with Gasteiger partial charge >= 0.3 is 12.1 Å². The molecule has 0 aromatic carbocycles. The van der Waals surface area contributed by atoms with Gasteiger partial charge in [0, 0.05) is 13.0 Å². The third-order valence-electron chi connectivity index (χ3n) is 1.68. The quantitative estimate of drug-likeness (QED) is 0.603. The van der Waals surface area contributed by atoms with Gasteiger partial charge in [-0.05, 0) is 27.2 Å². The van der Waals surface area contributed by atoms with E-state index in [-0.39, 0.29) is 25.4 Å². The van der Waals surface area contributed by atoms with E-state index in [0.29, 0.717) is 6.42 Å². The third kappa shape index (κ3) is 10.7. The molecule has 7 nitrogen and oxygen atoms in total. The van der Waals surface area contributed by atoms with Crippen LogP contribution in [-0.2, 0) is 14.3 Å². The molecule has 0 aliphatic rings. The molecule has 0 radical (unpaired) electrons. The summed E-state index contributed by atoms with van der Waals surface area (Å²) >= 11 is 0. The second-order valence-electron chi connectivity index (χ2n) is 4.70. The van der Waals surface area contributed by atoms with E-state index in [1.54, 1.807) is 20.8 Å². The normalized spacial score (nSPS) is 10.6. The molecule has 0 atom stereocenters. The van der Waals surface area contributed by atoms with E-state index in [0.717, 1.165) is 0 Å². The van der Waals surface area contributed by atoms with Gasteiger partial charge < -0.3 is 20.5 Å². The Bertz CT molecular complexity index is 309. The summed E-state index contributed by atoms with van der Waals surface area (Å²) in [4.78, 5) is 32.6. The number of carboxylic acids is 1. The van der Waals surface area contributed by atoms with Crippen molar-refractivity contribution in [3.05, 3.63) is 0 Å². The van der Waals surface area contributed by atoms with E-state index < -0.39 is 17.7 Å². The Morgan fingerprint density at radius 1 is 1.17 bits per heavy atom. The lowest BCUT2D eigenvalue weighted by atomic mass is 10.2. The van der Waals surface area contributed by atoms with Crippen LogP contribution in [0.2, 0.25) is 0 Å². The van der Waals surface area contributed by atoms with Crippen molar-refractivity contribution in [2.45, 2.75) is 39.2 Å². The number of carbonyl (C=O) groups is 3. The minimum Gasteiger partial charge on any atom is -0.481 e. The first-order chi connectivity index (χ1) is 8.20. The maximum absolute atomic E-state index is 11.2. The van der Waals surface area contributed by atoms with Crippen LogP contribution >= 0.6 is 0 Å². The van der Waals surface area contributed by atoms with E-state index in [1.165, 1.54) is 0 Å². The fraction of sp³-hybridized carbons (Fsp3) is 0.727. The number of ether oxygens (including phenoxy) is 1. The summed E-state index contributed by atoms with van der Waals surface area (Å²) in [5.74, 6) is -1.29. The van der Waals surface area contributed by atoms with Crippen molar-refractivity contribution in [3.63, 3.8) is 0 Å². The van der Waals surface area contributed by atoms with Crippen LogP contribution in [0.1, 0.15) is 33.6 Å². The molecule has 0 spiro atoms. The van der Waals surface area contributed by atoms with Gasteiger partial charge in [0.05, 0.1) is 6.54 Å². The molecule has 0 aliphatic carbocycles. The predicted molar refractivity (Wildman–Crippen MR) is 64.1 cm³/mol. The zero-order valence-electron chi connectivity index (χ0n) is 10.9. The minimum atomic E-state index is -0.906. The summed E-state index contributed by atoms with van der Waals surface area (Å²) in [7, 11) is 0. The van der Waals surface area contributed by atoms with Gasteiger partial charge in [-0.25, -0.2) is 4.79 Å². The molecular formula is C11H20N2O5. The van der Waals surface area contributed by atoms with Crippen molar-refractivity contribution in [2.24, 2.45) is 0 Å². The molecule has 18 heavy (non-hydrogen) atoms. The largest absolute Gasteiger partial charge is 0.481 e. The van der Waals surface area contributed by atoms with Crippen molar-refractivity contribution >= 4 is 18.0 Å². The Kier molecular flexibility index (Phi) is 6.77. The summed E-state index contributed by atoms with van der Waals surface area (Å²) in [6.07, 6.45) is -0.309. The van der Waals surface area contributed by atoms with Crippen molar-refractivity contribution < 1.29 is 24.2 Å². The molecule has 0 saturated carbocycles. The molecule has 0 fully saturated rings. The highest BCUT2D eigenvalue weighted by molar-refractivity contribution is 5.82. The summed E-state index contributed by atoms with van der Waals surface area (Å²) < 4.78 is 4.94. The zero-order valence-corrected chi connectivity index (χ0v) is 10.9. The van der Waals surface area contributed by atoms with E-state index in [1.807, 2.05) is 0 Å². The Balaban J connectivity index is 3.64. The molecule has 7 heteroatoms. The smallest absolute Gasteiger partial charge is 0.408 e. The fourth-order valence-electron chi connectivity index (χ4n) is 0.997. The standard InChI is InChI=1S/C11H20N2O5/c1-11(2,3)18-10(17)13-7-8(14)12-6-4-5-9(15)16/h4-7H2,1-3H3,(H,12,14)(H,13,17)(H,15,16). The number of nitrogens with one attached hydrogen (secondary N) is 2. The lowest BCUT2D eigenvalue weighted by Crippen LogP contribution is -2.40. The first-order valence-electron chi connectivity index (χ1n) is 5.66. The van der Waals surface area contributed by atoms with Gasteiger partial charge in [-0.15, -0.1) is 0 Å². The number of alkyl carbamates (subject to hydrolysis) is 1. The van der Waals surface area contributed by atoms with E-state index in [4.69, 9.17) is 9.84 Å². The molecule has 0 aliphatic heterocycles. The second-order valence-corrected chi connectivity index (χ2v) is 4.70. The summed E-state index contributed by atoms with van der Waals surface area (Å²) in [5.41, 5.74) is -0.609. The average molecular weight is 260 g/mol. The molecule has 0 aromatic heterocycles. The van der Waals surface area contributed by atoms with Gasteiger partial charge in [0.2, 0.25) is 5.91 Å². The van der Waals surface area contributed by atoms with Crippen LogP contribution in [0.4, 0.5) is 4.79 Å². The van der Waals surface area contributed by atoms with Crippen LogP contribution < -0.4 is 10.6 Å². The molecule has 0 aromatic rings. The van der Waals surface area contributed by atoms with Gasteiger partial charge in [-0.3, -0.25) is 9.59 Å². The van der Waals surface area contributed by atoms with E-state index >= 15 is 0 Å². The lowest BCUT2D eigenvalue weighted by molar-refractivity contribution is -0.137.